The summed E-state index contributed by atoms with van der Waals surface area (Å²) in [5, 5.41) is 0. The molecule has 1 aromatic rings. The Labute approximate surface area is 95.1 Å². The molecule has 0 unspecified atom stereocenters. The number of benzene rings is 1. The first-order chi connectivity index (χ1) is 7.71. The number of ketones is 1. The second-order valence-corrected chi connectivity index (χ2v) is 3.30. The Morgan fingerprint density at radius 1 is 1.25 bits per heavy atom. The smallest absolute Gasteiger partial charge is 0.217 e. The summed E-state index contributed by atoms with van der Waals surface area (Å²) in [6.07, 6.45) is -0.532. The van der Waals surface area contributed by atoms with Crippen molar-refractivity contribution >= 4 is 5.78 Å². The van der Waals surface area contributed by atoms with Crippen LogP contribution in [0.3, 0.4) is 0 Å². The van der Waals surface area contributed by atoms with Crippen LogP contribution in [0.2, 0.25) is 0 Å². The molecule has 4 heteroatoms. The van der Waals surface area contributed by atoms with Crippen LogP contribution >= 0.6 is 0 Å². The summed E-state index contributed by atoms with van der Waals surface area (Å²) >= 11 is 0. The molecule has 4 nitrogen and oxygen atoms in total. The number of hydrogen-bond donors (Lipinski definition) is 0. The van der Waals surface area contributed by atoms with E-state index in [1.54, 1.807) is 7.11 Å². The van der Waals surface area contributed by atoms with Crippen molar-refractivity contribution in [2.24, 2.45) is 0 Å². The zero-order chi connectivity index (χ0) is 12.0. The van der Waals surface area contributed by atoms with E-state index in [4.69, 9.17) is 14.2 Å². The number of methoxy groups -OCH3 is 3. The highest BCUT2D eigenvalue weighted by molar-refractivity contribution is 5.84. The molecule has 0 N–H and O–H groups in total. The molecule has 0 saturated carbocycles. The monoisotopic (exact) mass is 224 g/mol. The lowest BCUT2D eigenvalue weighted by Gasteiger charge is -2.12. The molecule has 1 rings (SSSR count). The lowest BCUT2D eigenvalue weighted by molar-refractivity contribution is -0.155. The second kappa shape index (κ2) is 6.25. The van der Waals surface area contributed by atoms with Gasteiger partial charge in [0.2, 0.25) is 6.29 Å². The van der Waals surface area contributed by atoms with E-state index in [2.05, 4.69) is 0 Å². The Bertz CT molecular complexity index is 345. The van der Waals surface area contributed by atoms with Crippen LogP contribution < -0.4 is 4.74 Å². The van der Waals surface area contributed by atoms with Gasteiger partial charge >= 0.3 is 0 Å². The molecule has 0 aliphatic rings. The summed E-state index contributed by atoms with van der Waals surface area (Å²) in [5.41, 5.74) is 0.878. The molecule has 1 aromatic carbocycles. The van der Waals surface area contributed by atoms with Crippen LogP contribution in [0, 0.1) is 0 Å². The molecule has 0 aliphatic carbocycles. The summed E-state index contributed by atoms with van der Waals surface area (Å²) < 4.78 is 14.8. The van der Waals surface area contributed by atoms with Gasteiger partial charge < -0.3 is 14.2 Å². The van der Waals surface area contributed by atoms with E-state index in [0.717, 1.165) is 11.3 Å². The van der Waals surface area contributed by atoms with Gasteiger partial charge in [-0.15, -0.1) is 0 Å². The fraction of sp³-hybridized carbons (Fsp3) is 0.417. The third-order valence-electron chi connectivity index (χ3n) is 2.20. The molecule has 0 amide bonds. The molecule has 88 valence electrons. The average molecular weight is 224 g/mol. The number of Topliss-reactive ketones (excluding diaryl/α,β-unsaturated/α-hetero) is 1. The first kappa shape index (κ1) is 12.7. The van der Waals surface area contributed by atoms with E-state index < -0.39 is 6.29 Å². The van der Waals surface area contributed by atoms with Gasteiger partial charge in [-0.25, -0.2) is 0 Å². The van der Waals surface area contributed by atoms with Crippen LogP contribution in [0.5, 0.6) is 5.75 Å². The number of carbonyl (C=O) groups is 1. The Balaban J connectivity index is 2.68. The van der Waals surface area contributed by atoms with Crippen molar-refractivity contribution < 1.29 is 19.0 Å². The van der Waals surface area contributed by atoms with Crippen molar-refractivity contribution in [2.45, 2.75) is 12.7 Å². The summed E-state index contributed by atoms with van der Waals surface area (Å²) in [6, 6.07) is 7.36. The molecular weight excluding hydrogens is 208 g/mol. The molecular formula is C12H16O4. The van der Waals surface area contributed by atoms with Crippen molar-refractivity contribution in [3.8, 4) is 5.75 Å². The maximum Gasteiger partial charge on any atom is 0.217 e. The molecule has 0 bridgehead atoms. The number of rotatable bonds is 6. The van der Waals surface area contributed by atoms with E-state index in [9.17, 15) is 4.79 Å². The topological polar surface area (TPSA) is 44.8 Å². The van der Waals surface area contributed by atoms with Gasteiger partial charge in [-0.05, 0) is 17.7 Å². The van der Waals surface area contributed by atoms with Gasteiger partial charge in [0.1, 0.15) is 5.75 Å². The molecule has 0 spiro atoms. The Hall–Kier alpha value is -1.39. The van der Waals surface area contributed by atoms with Crippen LogP contribution in [0.4, 0.5) is 0 Å². The summed E-state index contributed by atoms with van der Waals surface area (Å²) in [4.78, 5) is 11.7. The fourth-order valence-electron chi connectivity index (χ4n) is 1.43. The highest BCUT2D eigenvalue weighted by atomic mass is 16.7. The van der Waals surface area contributed by atoms with Crippen LogP contribution in [0.15, 0.2) is 24.3 Å². The van der Waals surface area contributed by atoms with Crippen LogP contribution in [0.25, 0.3) is 0 Å². The highest BCUT2D eigenvalue weighted by Gasteiger charge is 2.16. The van der Waals surface area contributed by atoms with Gasteiger partial charge in [-0.1, -0.05) is 12.1 Å². The van der Waals surface area contributed by atoms with Gasteiger partial charge in [0.25, 0.3) is 0 Å². The molecule has 0 fully saturated rings. The molecule has 16 heavy (non-hydrogen) atoms. The van der Waals surface area contributed by atoms with Gasteiger partial charge in [0.05, 0.1) is 7.11 Å². The van der Waals surface area contributed by atoms with Crippen molar-refractivity contribution in [1.29, 1.82) is 0 Å². The Morgan fingerprint density at radius 3 is 2.50 bits per heavy atom. The molecule has 0 saturated heterocycles. The largest absolute Gasteiger partial charge is 0.497 e. The lowest BCUT2D eigenvalue weighted by Crippen LogP contribution is -2.26. The molecule has 0 heterocycles. The minimum absolute atomic E-state index is 0.113. The van der Waals surface area contributed by atoms with Crippen molar-refractivity contribution in [2.75, 3.05) is 21.3 Å². The number of carbonyl (C=O) groups excluding carboxylic acids is 1. The van der Waals surface area contributed by atoms with E-state index in [-0.39, 0.29) is 12.2 Å². The second-order valence-electron chi connectivity index (χ2n) is 3.30. The predicted octanol–water partition coefficient (Wildman–Crippen LogP) is 1.43. The van der Waals surface area contributed by atoms with Crippen LogP contribution in [-0.4, -0.2) is 33.4 Å². The highest BCUT2D eigenvalue weighted by Crippen LogP contribution is 2.14. The average Bonchev–Trinajstić information content (AvgIpc) is 2.31. The standard InChI is InChI=1S/C12H16O4/c1-14-10-6-4-5-9(7-10)8-11(13)12(15-2)16-3/h4-7,12H,8H2,1-3H3. The number of ether oxygens (including phenoxy) is 3. The van der Waals surface area contributed by atoms with Gasteiger partial charge in [-0.2, -0.15) is 0 Å². The summed E-state index contributed by atoms with van der Waals surface area (Å²) in [6.45, 7) is 0. The molecule has 0 aromatic heterocycles. The molecule has 0 aliphatic heterocycles. The Morgan fingerprint density at radius 2 is 1.94 bits per heavy atom. The molecule has 0 radical (unpaired) electrons. The van der Waals surface area contributed by atoms with Crippen LogP contribution in [0.1, 0.15) is 5.56 Å². The van der Waals surface area contributed by atoms with Gasteiger partial charge in [-0.3, -0.25) is 4.79 Å². The summed E-state index contributed by atoms with van der Waals surface area (Å²) in [7, 11) is 4.48. The SMILES string of the molecule is COc1cccc(CC(=O)C(OC)OC)c1. The van der Waals surface area contributed by atoms with Crippen LogP contribution in [-0.2, 0) is 20.7 Å². The minimum Gasteiger partial charge on any atom is -0.497 e. The first-order valence-electron chi connectivity index (χ1n) is 4.92. The van der Waals surface area contributed by atoms with Crippen molar-refractivity contribution in [3.05, 3.63) is 29.8 Å². The van der Waals surface area contributed by atoms with Crippen molar-refractivity contribution in [3.63, 3.8) is 0 Å². The van der Waals surface area contributed by atoms with Crippen molar-refractivity contribution in [1.82, 2.24) is 0 Å². The van der Waals surface area contributed by atoms with Gasteiger partial charge in [0, 0.05) is 20.6 Å². The third kappa shape index (κ3) is 3.32. The maximum atomic E-state index is 11.7. The first-order valence-corrected chi connectivity index (χ1v) is 4.92. The third-order valence-corrected chi connectivity index (χ3v) is 2.20. The number of hydrogen-bond acceptors (Lipinski definition) is 4. The molecule has 0 atom stereocenters. The fourth-order valence-corrected chi connectivity index (χ4v) is 1.43. The van der Waals surface area contributed by atoms with Gasteiger partial charge in [0.15, 0.2) is 5.78 Å². The maximum absolute atomic E-state index is 11.7. The summed E-state index contributed by atoms with van der Waals surface area (Å²) in [5.74, 6) is 0.620. The van der Waals surface area contributed by atoms with E-state index in [1.807, 2.05) is 24.3 Å². The van der Waals surface area contributed by atoms with E-state index in [1.165, 1.54) is 14.2 Å². The van der Waals surface area contributed by atoms with E-state index >= 15 is 0 Å². The minimum atomic E-state index is -0.800. The zero-order valence-corrected chi connectivity index (χ0v) is 9.73. The zero-order valence-electron chi connectivity index (χ0n) is 9.73. The Kier molecular flexibility index (Phi) is 4.95. The normalized spacial score (nSPS) is 10.5. The van der Waals surface area contributed by atoms with E-state index in [0.29, 0.717) is 0 Å². The predicted molar refractivity (Wildman–Crippen MR) is 59.5 cm³/mol. The quantitative estimate of drug-likeness (QED) is 0.686. The lowest BCUT2D eigenvalue weighted by atomic mass is 10.1.